The van der Waals surface area contributed by atoms with Gasteiger partial charge >= 0.3 is 0 Å². The molecule has 1 aromatic heterocycles. The third-order valence-electron chi connectivity index (χ3n) is 3.55. The molecule has 0 aliphatic carbocycles. The number of halogens is 1. The highest BCUT2D eigenvalue weighted by molar-refractivity contribution is 7.71. The fraction of sp³-hybridized carbons (Fsp3) is 0.167. The largest absolute Gasteiger partial charge is 0.489 e. The maximum absolute atomic E-state index is 5.87. The summed E-state index contributed by atoms with van der Waals surface area (Å²) in [4.78, 5) is 0. The van der Waals surface area contributed by atoms with Gasteiger partial charge in [-0.2, -0.15) is 14.9 Å². The SMILES string of the molecule is CCc1n[nH]c(=S)n1/N=C\c1ccc(OCc2ccc(Cl)cc2)cc1. The standard InChI is InChI=1S/C18H17ClN4OS/c1-2-17-21-22-18(25)23(17)20-11-13-5-9-16(10-6-13)24-12-14-3-7-15(19)8-4-14/h3-11H,2,12H2,1H3,(H,22,25)/b20-11-. The van der Waals surface area contributed by atoms with Crippen LogP contribution in [-0.4, -0.2) is 21.1 Å². The molecule has 1 heterocycles. The number of ether oxygens (including phenoxy) is 1. The highest BCUT2D eigenvalue weighted by Gasteiger charge is 2.01. The van der Waals surface area contributed by atoms with Crippen LogP contribution < -0.4 is 4.74 Å². The zero-order valence-corrected chi connectivity index (χ0v) is 15.2. The smallest absolute Gasteiger partial charge is 0.216 e. The second-order valence-electron chi connectivity index (χ2n) is 5.34. The van der Waals surface area contributed by atoms with Gasteiger partial charge in [-0.05, 0) is 59.7 Å². The number of H-pyrrole nitrogens is 1. The molecule has 3 aromatic rings. The molecule has 0 bridgehead atoms. The number of aromatic nitrogens is 3. The van der Waals surface area contributed by atoms with E-state index in [0.29, 0.717) is 11.4 Å². The van der Waals surface area contributed by atoms with Gasteiger partial charge in [-0.1, -0.05) is 30.7 Å². The van der Waals surface area contributed by atoms with Crippen molar-refractivity contribution in [2.45, 2.75) is 20.0 Å². The predicted molar refractivity (Wildman–Crippen MR) is 102 cm³/mol. The van der Waals surface area contributed by atoms with Gasteiger partial charge in [0.25, 0.3) is 0 Å². The second-order valence-corrected chi connectivity index (χ2v) is 6.16. The van der Waals surface area contributed by atoms with Gasteiger partial charge in [0, 0.05) is 11.4 Å². The van der Waals surface area contributed by atoms with Crippen LogP contribution in [0.2, 0.25) is 5.02 Å². The third kappa shape index (κ3) is 4.55. The van der Waals surface area contributed by atoms with Crippen LogP contribution >= 0.6 is 23.8 Å². The fourth-order valence-electron chi connectivity index (χ4n) is 2.19. The number of benzene rings is 2. The lowest BCUT2D eigenvalue weighted by Gasteiger charge is -2.06. The Morgan fingerprint density at radius 2 is 1.92 bits per heavy atom. The first-order valence-corrected chi connectivity index (χ1v) is 8.62. The minimum atomic E-state index is 0.482. The lowest BCUT2D eigenvalue weighted by atomic mass is 10.2. The van der Waals surface area contributed by atoms with Gasteiger partial charge in [-0.15, -0.1) is 0 Å². The minimum Gasteiger partial charge on any atom is -0.489 e. The Kier molecular flexibility index (Phi) is 5.63. The van der Waals surface area contributed by atoms with E-state index in [1.165, 1.54) is 0 Å². The van der Waals surface area contributed by atoms with Crippen LogP contribution in [0.3, 0.4) is 0 Å². The molecule has 0 unspecified atom stereocenters. The Bertz CT molecular complexity index is 913. The first-order valence-electron chi connectivity index (χ1n) is 7.83. The van der Waals surface area contributed by atoms with E-state index in [2.05, 4.69) is 15.3 Å². The van der Waals surface area contributed by atoms with Gasteiger partial charge in [0.2, 0.25) is 4.77 Å². The van der Waals surface area contributed by atoms with Crippen molar-refractivity contribution < 1.29 is 4.74 Å². The average molecular weight is 373 g/mol. The van der Waals surface area contributed by atoms with E-state index in [1.54, 1.807) is 10.9 Å². The van der Waals surface area contributed by atoms with Gasteiger partial charge in [-0.25, -0.2) is 0 Å². The number of hydrogen-bond acceptors (Lipinski definition) is 4. The molecule has 0 aliphatic heterocycles. The highest BCUT2D eigenvalue weighted by atomic mass is 35.5. The summed E-state index contributed by atoms with van der Waals surface area (Å²) in [6, 6.07) is 15.3. The van der Waals surface area contributed by atoms with Crippen LogP contribution in [0.4, 0.5) is 0 Å². The van der Waals surface area contributed by atoms with E-state index in [1.807, 2.05) is 55.5 Å². The molecule has 0 saturated carbocycles. The summed E-state index contributed by atoms with van der Waals surface area (Å²) in [6.07, 6.45) is 2.50. The van der Waals surface area contributed by atoms with Crippen molar-refractivity contribution in [1.29, 1.82) is 0 Å². The molecular weight excluding hydrogens is 356 g/mol. The van der Waals surface area contributed by atoms with Crippen LogP contribution in [0.1, 0.15) is 23.9 Å². The van der Waals surface area contributed by atoms with Crippen LogP contribution in [0.5, 0.6) is 5.75 Å². The summed E-state index contributed by atoms with van der Waals surface area (Å²) in [6.45, 7) is 2.50. The normalized spacial score (nSPS) is 11.1. The summed E-state index contributed by atoms with van der Waals surface area (Å²) in [5.74, 6) is 1.59. The Morgan fingerprint density at radius 3 is 2.60 bits per heavy atom. The molecule has 1 N–H and O–H groups in total. The van der Waals surface area contributed by atoms with Gasteiger partial charge in [-0.3, -0.25) is 5.10 Å². The molecule has 0 radical (unpaired) electrons. The van der Waals surface area contributed by atoms with Gasteiger partial charge in [0.05, 0.1) is 6.21 Å². The molecule has 0 amide bonds. The van der Waals surface area contributed by atoms with Crippen molar-refractivity contribution in [3.63, 3.8) is 0 Å². The number of aryl methyl sites for hydroxylation is 1. The molecule has 7 heteroatoms. The molecule has 3 rings (SSSR count). The van der Waals surface area contributed by atoms with Crippen LogP contribution in [0.25, 0.3) is 0 Å². The van der Waals surface area contributed by atoms with Crippen molar-refractivity contribution >= 4 is 30.0 Å². The summed E-state index contributed by atoms with van der Waals surface area (Å²) >= 11 is 11.0. The Hall–Kier alpha value is -2.44. The minimum absolute atomic E-state index is 0.482. The van der Waals surface area contributed by atoms with Gasteiger partial charge in [0.1, 0.15) is 12.4 Å². The number of hydrogen-bond donors (Lipinski definition) is 1. The molecule has 0 spiro atoms. The van der Waals surface area contributed by atoms with Gasteiger partial charge < -0.3 is 4.74 Å². The molecule has 0 aliphatic rings. The third-order valence-corrected chi connectivity index (χ3v) is 4.07. The number of nitrogens with zero attached hydrogens (tertiary/aromatic N) is 3. The van der Waals surface area contributed by atoms with Crippen molar-refractivity contribution in [2.24, 2.45) is 5.10 Å². The first kappa shape index (κ1) is 17.4. The number of aromatic amines is 1. The van der Waals surface area contributed by atoms with Crippen molar-refractivity contribution in [2.75, 3.05) is 0 Å². The molecule has 0 saturated heterocycles. The number of nitrogens with one attached hydrogen (secondary N) is 1. The summed E-state index contributed by atoms with van der Waals surface area (Å²) < 4.78 is 7.88. The maximum Gasteiger partial charge on any atom is 0.216 e. The topological polar surface area (TPSA) is 55.2 Å². The second kappa shape index (κ2) is 8.09. The van der Waals surface area contributed by atoms with Crippen molar-refractivity contribution in [3.8, 4) is 5.75 Å². The quantitative estimate of drug-likeness (QED) is 0.507. The Morgan fingerprint density at radius 1 is 1.20 bits per heavy atom. The zero-order chi connectivity index (χ0) is 17.6. The molecule has 128 valence electrons. The van der Waals surface area contributed by atoms with Crippen molar-refractivity contribution in [1.82, 2.24) is 14.9 Å². The molecule has 2 aromatic carbocycles. The highest BCUT2D eigenvalue weighted by Crippen LogP contribution is 2.15. The van der Waals surface area contributed by atoms with E-state index in [0.717, 1.165) is 34.1 Å². The lowest BCUT2D eigenvalue weighted by Crippen LogP contribution is -1.98. The van der Waals surface area contributed by atoms with Gasteiger partial charge in [0.15, 0.2) is 5.82 Å². The molecule has 0 fully saturated rings. The lowest BCUT2D eigenvalue weighted by molar-refractivity contribution is 0.306. The summed E-state index contributed by atoms with van der Waals surface area (Å²) in [7, 11) is 0. The van der Waals surface area contributed by atoms with Crippen LogP contribution in [0.15, 0.2) is 53.6 Å². The Labute approximate surface area is 155 Å². The van der Waals surface area contributed by atoms with Crippen molar-refractivity contribution in [3.05, 3.63) is 75.3 Å². The molecule has 0 atom stereocenters. The van der Waals surface area contributed by atoms with E-state index in [9.17, 15) is 0 Å². The summed E-state index contributed by atoms with van der Waals surface area (Å²) in [5, 5.41) is 12.0. The first-order chi connectivity index (χ1) is 12.2. The van der Waals surface area contributed by atoms with E-state index < -0.39 is 0 Å². The monoisotopic (exact) mass is 372 g/mol. The van der Waals surface area contributed by atoms with E-state index in [-0.39, 0.29) is 0 Å². The van der Waals surface area contributed by atoms with Crippen LogP contribution in [0, 0.1) is 4.77 Å². The Balaban J connectivity index is 1.64. The van der Waals surface area contributed by atoms with Crippen LogP contribution in [-0.2, 0) is 13.0 Å². The predicted octanol–water partition coefficient (Wildman–Crippen LogP) is 4.62. The molecule has 25 heavy (non-hydrogen) atoms. The molecular formula is C18H17ClN4OS. The zero-order valence-electron chi connectivity index (χ0n) is 13.6. The number of rotatable bonds is 6. The summed E-state index contributed by atoms with van der Waals surface area (Å²) in [5.41, 5.74) is 2.01. The average Bonchev–Trinajstić information content (AvgIpc) is 3.00. The van der Waals surface area contributed by atoms with E-state index >= 15 is 0 Å². The van der Waals surface area contributed by atoms with E-state index in [4.69, 9.17) is 28.6 Å². The molecule has 5 nitrogen and oxygen atoms in total. The maximum atomic E-state index is 5.87. The fourth-order valence-corrected chi connectivity index (χ4v) is 2.52.